The zero-order chi connectivity index (χ0) is 23.9. The highest BCUT2D eigenvalue weighted by Gasteiger charge is 2.22. The maximum Gasteiger partial charge on any atom is 0.255 e. The van der Waals surface area contributed by atoms with Crippen LogP contribution in [0.3, 0.4) is 0 Å². The summed E-state index contributed by atoms with van der Waals surface area (Å²) in [6, 6.07) is 18.3. The fourth-order valence-electron chi connectivity index (χ4n) is 4.69. The van der Waals surface area contributed by atoms with Gasteiger partial charge in [0, 0.05) is 12.5 Å². The molecule has 0 aliphatic heterocycles. The van der Waals surface area contributed by atoms with Crippen LogP contribution in [0.25, 0.3) is 11.1 Å². The van der Waals surface area contributed by atoms with E-state index >= 15 is 0 Å². The molecule has 34 heavy (non-hydrogen) atoms. The van der Waals surface area contributed by atoms with E-state index in [0.29, 0.717) is 17.7 Å². The monoisotopic (exact) mass is 461 g/mol. The third-order valence-corrected chi connectivity index (χ3v) is 6.54. The molecule has 0 spiro atoms. The van der Waals surface area contributed by atoms with Crippen molar-refractivity contribution in [2.75, 3.05) is 14.2 Å². The van der Waals surface area contributed by atoms with E-state index in [1.807, 2.05) is 36.4 Å². The molecule has 1 aliphatic rings. The fourth-order valence-corrected chi connectivity index (χ4v) is 4.69. The van der Waals surface area contributed by atoms with Gasteiger partial charge in [-0.25, -0.2) is 4.39 Å². The molecule has 5 heteroatoms. The lowest BCUT2D eigenvalue weighted by Gasteiger charge is -2.20. The number of hydrogen-bond acceptors (Lipinski definition) is 3. The zero-order valence-electron chi connectivity index (χ0n) is 19.9. The molecule has 0 radical (unpaired) electrons. The van der Waals surface area contributed by atoms with E-state index < -0.39 is 0 Å². The van der Waals surface area contributed by atoms with Gasteiger partial charge in [-0.2, -0.15) is 0 Å². The number of methoxy groups -OCH3 is 2. The second kappa shape index (κ2) is 11.2. The second-order valence-corrected chi connectivity index (χ2v) is 8.91. The van der Waals surface area contributed by atoms with Crippen LogP contribution in [0.4, 0.5) is 4.39 Å². The Hall–Kier alpha value is -3.34. The topological polar surface area (TPSA) is 47.6 Å². The van der Waals surface area contributed by atoms with Gasteiger partial charge in [-0.05, 0) is 71.5 Å². The molecule has 0 saturated heterocycles. The number of carbonyl (C=O) groups excluding carboxylic acids is 1. The van der Waals surface area contributed by atoms with Crippen molar-refractivity contribution >= 4 is 5.91 Å². The van der Waals surface area contributed by atoms with Crippen LogP contribution in [0, 0.1) is 5.82 Å². The molecule has 1 amide bonds. The molecular formula is C29H32FNO3. The molecule has 1 N–H and O–H groups in total. The predicted octanol–water partition coefficient (Wildman–Crippen LogP) is 6.55. The summed E-state index contributed by atoms with van der Waals surface area (Å²) < 4.78 is 24.5. The summed E-state index contributed by atoms with van der Waals surface area (Å²) in [4.78, 5) is 13.5. The van der Waals surface area contributed by atoms with Gasteiger partial charge in [-0.1, -0.05) is 49.9 Å². The largest absolute Gasteiger partial charge is 0.497 e. The molecule has 0 bridgehead atoms. The molecule has 3 aromatic carbocycles. The van der Waals surface area contributed by atoms with E-state index in [2.05, 4.69) is 5.32 Å². The van der Waals surface area contributed by atoms with Crippen LogP contribution in [-0.4, -0.2) is 26.2 Å². The van der Waals surface area contributed by atoms with E-state index in [9.17, 15) is 9.18 Å². The van der Waals surface area contributed by atoms with Gasteiger partial charge < -0.3 is 14.8 Å². The van der Waals surface area contributed by atoms with Crippen molar-refractivity contribution in [1.29, 1.82) is 0 Å². The first-order valence-electron chi connectivity index (χ1n) is 12.0. The number of ether oxygens (including phenoxy) is 2. The number of rotatable bonds is 7. The molecule has 0 unspecified atom stereocenters. The van der Waals surface area contributed by atoms with Gasteiger partial charge >= 0.3 is 0 Å². The first-order chi connectivity index (χ1) is 16.6. The lowest BCUT2D eigenvalue weighted by atomic mass is 9.94. The molecule has 4 rings (SSSR count). The lowest BCUT2D eigenvalue weighted by Crippen LogP contribution is -2.34. The van der Waals surface area contributed by atoms with Crippen molar-refractivity contribution < 1.29 is 18.7 Å². The van der Waals surface area contributed by atoms with Crippen molar-refractivity contribution in [2.45, 2.75) is 51.0 Å². The molecule has 178 valence electrons. The highest BCUT2D eigenvalue weighted by molar-refractivity contribution is 5.99. The van der Waals surface area contributed by atoms with Crippen molar-refractivity contribution in [1.82, 2.24) is 5.32 Å². The van der Waals surface area contributed by atoms with Gasteiger partial charge in [0.05, 0.1) is 19.8 Å². The van der Waals surface area contributed by atoms with E-state index in [1.165, 1.54) is 25.0 Å². The Bertz CT molecular complexity index is 1100. The Morgan fingerprint density at radius 1 is 0.882 bits per heavy atom. The summed E-state index contributed by atoms with van der Waals surface area (Å²) in [5.41, 5.74) is 4.26. The Balaban J connectivity index is 1.73. The maximum absolute atomic E-state index is 13.5. The van der Waals surface area contributed by atoms with Crippen LogP contribution in [-0.2, 0) is 6.42 Å². The number of amides is 1. The molecule has 0 aromatic heterocycles. The Kier molecular flexibility index (Phi) is 7.84. The van der Waals surface area contributed by atoms with Crippen LogP contribution in [0.1, 0.15) is 60.0 Å². The molecule has 0 atom stereocenters. The summed E-state index contributed by atoms with van der Waals surface area (Å²) in [7, 11) is 3.23. The summed E-state index contributed by atoms with van der Waals surface area (Å²) >= 11 is 0. The van der Waals surface area contributed by atoms with Crippen LogP contribution in [0.2, 0.25) is 0 Å². The second-order valence-electron chi connectivity index (χ2n) is 8.91. The van der Waals surface area contributed by atoms with Crippen molar-refractivity contribution in [3.8, 4) is 22.6 Å². The number of carbonyl (C=O) groups is 1. The first-order valence-corrected chi connectivity index (χ1v) is 12.0. The van der Waals surface area contributed by atoms with Gasteiger partial charge in [0.1, 0.15) is 17.3 Å². The van der Waals surface area contributed by atoms with Crippen LogP contribution in [0.5, 0.6) is 11.5 Å². The fraction of sp³-hybridized carbons (Fsp3) is 0.345. The van der Waals surface area contributed by atoms with E-state index in [-0.39, 0.29) is 17.8 Å². The van der Waals surface area contributed by atoms with Crippen LogP contribution >= 0.6 is 0 Å². The molecule has 1 fully saturated rings. The minimum Gasteiger partial charge on any atom is -0.497 e. The first kappa shape index (κ1) is 23.8. The van der Waals surface area contributed by atoms with E-state index in [0.717, 1.165) is 53.7 Å². The summed E-state index contributed by atoms with van der Waals surface area (Å²) in [5.74, 6) is 0.952. The summed E-state index contributed by atoms with van der Waals surface area (Å²) in [5, 5.41) is 3.26. The third kappa shape index (κ3) is 5.77. The van der Waals surface area contributed by atoms with Gasteiger partial charge in [-0.3, -0.25) is 4.79 Å². The third-order valence-electron chi connectivity index (χ3n) is 6.54. The Labute approximate surface area is 201 Å². The molecule has 4 nitrogen and oxygen atoms in total. The molecule has 3 aromatic rings. The number of hydrogen-bond donors (Lipinski definition) is 1. The summed E-state index contributed by atoms with van der Waals surface area (Å²) in [6.07, 6.45) is 7.28. The van der Waals surface area contributed by atoms with Gasteiger partial charge in [0.2, 0.25) is 0 Å². The Morgan fingerprint density at radius 2 is 1.56 bits per heavy atom. The maximum atomic E-state index is 13.5. The predicted molar refractivity (Wildman–Crippen MR) is 133 cm³/mol. The highest BCUT2D eigenvalue weighted by Crippen LogP contribution is 2.34. The highest BCUT2D eigenvalue weighted by atomic mass is 19.1. The quantitative estimate of drug-likeness (QED) is 0.406. The van der Waals surface area contributed by atoms with Crippen LogP contribution < -0.4 is 14.8 Å². The van der Waals surface area contributed by atoms with Crippen molar-refractivity contribution in [3.63, 3.8) is 0 Å². The average Bonchev–Trinajstić information content (AvgIpc) is 3.13. The number of halogens is 1. The van der Waals surface area contributed by atoms with Gasteiger partial charge in [0.25, 0.3) is 5.91 Å². The van der Waals surface area contributed by atoms with Crippen molar-refractivity contribution in [3.05, 3.63) is 83.2 Å². The van der Waals surface area contributed by atoms with Gasteiger partial charge in [-0.15, -0.1) is 0 Å². The van der Waals surface area contributed by atoms with Crippen LogP contribution in [0.15, 0.2) is 60.7 Å². The summed E-state index contributed by atoms with van der Waals surface area (Å²) in [6.45, 7) is 0. The number of nitrogens with one attached hydrogen (secondary N) is 1. The van der Waals surface area contributed by atoms with Gasteiger partial charge in [0.15, 0.2) is 0 Å². The van der Waals surface area contributed by atoms with E-state index in [4.69, 9.17) is 9.47 Å². The molecule has 1 aliphatic carbocycles. The minimum absolute atomic E-state index is 0.112. The number of benzene rings is 3. The SMILES string of the molecule is COc1ccc(-c2cc(Cc3ccc(F)cc3)c(OC)c(C(=O)NC3CCCCCC3)c2)cc1. The average molecular weight is 462 g/mol. The van der Waals surface area contributed by atoms with Crippen molar-refractivity contribution in [2.24, 2.45) is 0 Å². The molecular weight excluding hydrogens is 429 g/mol. The molecule has 1 saturated carbocycles. The smallest absolute Gasteiger partial charge is 0.255 e. The zero-order valence-corrected chi connectivity index (χ0v) is 19.9. The Morgan fingerprint density at radius 3 is 2.18 bits per heavy atom. The minimum atomic E-state index is -0.272. The van der Waals surface area contributed by atoms with E-state index in [1.54, 1.807) is 26.4 Å². The lowest BCUT2D eigenvalue weighted by molar-refractivity contribution is 0.0930. The normalized spacial score (nSPS) is 14.3. The molecule has 0 heterocycles. The standard InChI is InChI=1S/C29H32FNO3/c1-33-26-15-11-21(12-16-26)22-18-23(17-20-9-13-24(30)14-10-20)28(34-2)27(19-22)29(32)31-25-7-5-3-4-6-8-25/h9-16,18-19,25H,3-8,17H2,1-2H3,(H,31,32).